The quantitative estimate of drug-likeness (QED) is 0.167. The van der Waals surface area contributed by atoms with E-state index in [1.807, 2.05) is 0 Å². The summed E-state index contributed by atoms with van der Waals surface area (Å²) < 4.78 is 26.6. The van der Waals surface area contributed by atoms with Crippen LogP contribution in [0, 0.1) is 0 Å². The van der Waals surface area contributed by atoms with Gasteiger partial charge in [0, 0.05) is 0 Å². The Morgan fingerprint density at radius 1 is 1.18 bits per heavy atom. The molecule has 1 aliphatic rings. The van der Waals surface area contributed by atoms with Crippen LogP contribution in [-0.2, 0) is 33.3 Å². The summed E-state index contributed by atoms with van der Waals surface area (Å²) in [5, 5.41) is 2.34. The van der Waals surface area contributed by atoms with Gasteiger partial charge in [-0.25, -0.2) is 14.4 Å². The van der Waals surface area contributed by atoms with Crippen molar-refractivity contribution in [2.75, 3.05) is 42.3 Å². The first-order valence-corrected chi connectivity index (χ1v) is 12.6. The molecule has 1 saturated heterocycles. The molecule has 2 heterocycles. The number of nitrogens with two attached hydrogens (primary N) is 1. The molecule has 212 valence electrons. The molecule has 0 saturated carbocycles. The number of nitrogen functional groups attached to an aromatic ring is 1. The number of anilines is 3. The molecule has 38 heavy (non-hydrogen) atoms. The number of halogens is 1. The van der Waals surface area contributed by atoms with Crippen LogP contribution in [0.25, 0.3) is 0 Å². The maximum Gasteiger partial charge on any atom is 0.413 e. The number of esters is 2. The van der Waals surface area contributed by atoms with Crippen LogP contribution in [0.3, 0.4) is 0 Å². The average Bonchev–Trinajstić information content (AvgIpc) is 3.26. The van der Waals surface area contributed by atoms with Crippen LogP contribution < -0.4 is 16.0 Å². The Bertz CT molecular complexity index is 985. The van der Waals surface area contributed by atoms with Crippen molar-refractivity contribution in [2.24, 2.45) is 0 Å². The Morgan fingerprint density at radius 2 is 1.79 bits per heavy atom. The predicted octanol–water partition coefficient (Wildman–Crippen LogP) is 3.07. The minimum Gasteiger partial charge on any atom is -0.464 e. The van der Waals surface area contributed by atoms with E-state index in [0.717, 1.165) is 0 Å². The van der Waals surface area contributed by atoms with E-state index >= 15 is 0 Å². The van der Waals surface area contributed by atoms with E-state index < -0.39 is 29.7 Å². The summed E-state index contributed by atoms with van der Waals surface area (Å²) in [6, 6.07) is 0. The molecular formula is C24H36ClN5O8. The number of ether oxygens (including phenoxy) is 5. The highest BCUT2D eigenvalue weighted by Crippen LogP contribution is 2.31. The topological polar surface area (TPSA) is 164 Å². The molecule has 0 bridgehead atoms. The molecule has 1 aliphatic heterocycles. The second-order valence-corrected chi connectivity index (χ2v) is 9.55. The third-order valence-corrected chi connectivity index (χ3v) is 5.23. The predicted molar refractivity (Wildman–Crippen MR) is 140 cm³/mol. The van der Waals surface area contributed by atoms with Crippen LogP contribution in [0.4, 0.5) is 22.1 Å². The summed E-state index contributed by atoms with van der Waals surface area (Å²) >= 11 is 6.09. The molecule has 2 atom stereocenters. The Balaban J connectivity index is 2.04. The van der Waals surface area contributed by atoms with E-state index in [2.05, 4.69) is 21.9 Å². The van der Waals surface area contributed by atoms with Gasteiger partial charge in [0.05, 0.1) is 38.6 Å². The zero-order chi connectivity index (χ0) is 28.5. The maximum absolute atomic E-state index is 12.2. The number of amides is 1. The van der Waals surface area contributed by atoms with E-state index in [1.165, 1.54) is 6.20 Å². The van der Waals surface area contributed by atoms with Crippen LogP contribution in [0.15, 0.2) is 12.8 Å². The summed E-state index contributed by atoms with van der Waals surface area (Å²) in [7, 11) is 0. The van der Waals surface area contributed by atoms with Crippen molar-refractivity contribution in [2.45, 2.75) is 71.4 Å². The minimum atomic E-state index is -1.49. The lowest BCUT2D eigenvalue weighted by atomic mass is 10.2. The van der Waals surface area contributed by atoms with Gasteiger partial charge in [0.15, 0.2) is 11.6 Å². The summed E-state index contributed by atoms with van der Waals surface area (Å²) in [4.78, 5) is 46.2. The first-order valence-electron chi connectivity index (χ1n) is 12.2. The minimum absolute atomic E-state index is 0.0105. The van der Waals surface area contributed by atoms with Crippen molar-refractivity contribution >= 4 is 47.0 Å². The Morgan fingerprint density at radius 3 is 2.34 bits per heavy atom. The smallest absolute Gasteiger partial charge is 0.413 e. The normalized spacial score (nSPS) is 17.1. The number of carbonyl (C=O) groups is 3. The Hall–Kier alpha value is -3.16. The molecule has 1 aromatic rings. The van der Waals surface area contributed by atoms with Gasteiger partial charge in [0.25, 0.3) is 6.10 Å². The molecule has 2 rings (SSSR count). The SMILES string of the molecule is C=CN(C[C@H]1CC[C@@H](COC(C(=O)OCC)C(=O)OCC)O1)c1nc(Cl)nc(NC(=O)OC(C)(C)C)c1N. The van der Waals surface area contributed by atoms with Crippen molar-refractivity contribution in [3.63, 3.8) is 0 Å². The second kappa shape index (κ2) is 14.1. The molecular weight excluding hydrogens is 522 g/mol. The van der Waals surface area contributed by atoms with Crippen LogP contribution in [0.5, 0.6) is 0 Å². The molecule has 1 aromatic heterocycles. The van der Waals surface area contributed by atoms with Crippen molar-refractivity contribution in [1.82, 2.24) is 9.97 Å². The summed E-state index contributed by atoms with van der Waals surface area (Å²) in [5.74, 6) is -1.42. The molecule has 0 aliphatic carbocycles. The van der Waals surface area contributed by atoms with E-state index in [0.29, 0.717) is 19.4 Å². The fourth-order valence-corrected chi connectivity index (χ4v) is 3.69. The molecule has 14 heteroatoms. The number of aromatic nitrogens is 2. The Kier molecular flexibility index (Phi) is 11.5. The Labute approximate surface area is 226 Å². The van der Waals surface area contributed by atoms with Gasteiger partial charge >= 0.3 is 18.0 Å². The van der Waals surface area contributed by atoms with Gasteiger partial charge in [0.1, 0.15) is 11.3 Å². The molecule has 0 radical (unpaired) electrons. The van der Waals surface area contributed by atoms with Gasteiger partial charge in [-0.2, -0.15) is 9.97 Å². The van der Waals surface area contributed by atoms with Crippen molar-refractivity contribution in [1.29, 1.82) is 0 Å². The monoisotopic (exact) mass is 557 g/mol. The highest BCUT2D eigenvalue weighted by molar-refractivity contribution is 6.28. The lowest BCUT2D eigenvalue weighted by Crippen LogP contribution is -2.38. The molecule has 0 spiro atoms. The lowest BCUT2D eigenvalue weighted by Gasteiger charge is -2.25. The molecule has 1 fully saturated rings. The number of nitrogens with zero attached hydrogens (tertiary/aromatic N) is 3. The lowest BCUT2D eigenvalue weighted by molar-refractivity contribution is -0.175. The highest BCUT2D eigenvalue weighted by atomic mass is 35.5. The average molecular weight is 558 g/mol. The second-order valence-electron chi connectivity index (χ2n) is 9.22. The largest absolute Gasteiger partial charge is 0.464 e. The highest BCUT2D eigenvalue weighted by Gasteiger charge is 2.34. The van der Waals surface area contributed by atoms with Gasteiger partial charge in [-0.15, -0.1) is 0 Å². The van der Waals surface area contributed by atoms with Crippen molar-refractivity contribution in [3.05, 3.63) is 18.1 Å². The fourth-order valence-electron chi connectivity index (χ4n) is 3.52. The molecule has 13 nitrogen and oxygen atoms in total. The van der Waals surface area contributed by atoms with Crippen LogP contribution in [0.2, 0.25) is 5.28 Å². The third-order valence-electron chi connectivity index (χ3n) is 5.06. The van der Waals surface area contributed by atoms with Crippen LogP contribution in [-0.4, -0.2) is 78.3 Å². The van der Waals surface area contributed by atoms with Crippen LogP contribution in [0.1, 0.15) is 47.5 Å². The summed E-state index contributed by atoms with van der Waals surface area (Å²) in [6.45, 7) is 12.7. The molecule has 0 unspecified atom stereocenters. The van der Waals surface area contributed by atoms with E-state index in [-0.39, 0.29) is 54.6 Å². The standard InChI is InChI=1S/C24H36ClN5O8/c1-7-30(19-16(26)18(27-22(25)29-19)28-23(33)38-24(4,5)6)12-14-10-11-15(37-14)13-36-17(20(31)34-8-2)21(32)35-9-3/h7,14-15,17H,1,8-13,26H2,2-6H3,(H,27,28,29,33)/t14-,15+/m1/s1. The third kappa shape index (κ3) is 9.30. The number of hydrogen-bond donors (Lipinski definition) is 2. The van der Waals surface area contributed by atoms with Gasteiger partial charge in [-0.3, -0.25) is 5.32 Å². The number of carbonyl (C=O) groups excluding carboxylic acids is 3. The summed E-state index contributed by atoms with van der Waals surface area (Å²) in [6.07, 6.45) is -0.156. The van der Waals surface area contributed by atoms with Gasteiger partial charge < -0.3 is 34.3 Å². The molecule has 3 N–H and O–H groups in total. The van der Waals surface area contributed by atoms with Gasteiger partial charge in [-0.05, 0) is 65.3 Å². The zero-order valence-electron chi connectivity index (χ0n) is 22.3. The summed E-state index contributed by atoms with van der Waals surface area (Å²) in [5.41, 5.74) is 5.57. The maximum atomic E-state index is 12.2. The van der Waals surface area contributed by atoms with Gasteiger partial charge in [0.2, 0.25) is 5.28 Å². The van der Waals surface area contributed by atoms with Crippen molar-refractivity contribution in [3.8, 4) is 0 Å². The first-order chi connectivity index (χ1) is 17.9. The van der Waals surface area contributed by atoms with Crippen LogP contribution >= 0.6 is 11.6 Å². The van der Waals surface area contributed by atoms with E-state index in [9.17, 15) is 14.4 Å². The fraction of sp³-hybridized carbons (Fsp3) is 0.625. The molecule has 1 amide bonds. The number of nitrogens with one attached hydrogen (secondary N) is 1. The van der Waals surface area contributed by atoms with Crippen molar-refractivity contribution < 1.29 is 38.1 Å². The first kappa shape index (κ1) is 31.1. The molecule has 0 aromatic carbocycles. The number of hydrogen-bond acceptors (Lipinski definition) is 12. The number of rotatable bonds is 12. The van der Waals surface area contributed by atoms with E-state index in [1.54, 1.807) is 39.5 Å². The zero-order valence-corrected chi connectivity index (χ0v) is 23.1. The van der Waals surface area contributed by atoms with E-state index in [4.69, 9.17) is 41.0 Å². The van der Waals surface area contributed by atoms with Gasteiger partial charge in [-0.1, -0.05) is 6.58 Å².